The smallest absolute Gasteiger partial charge is 0.462 e. The van der Waals surface area contributed by atoms with E-state index in [9.17, 15) is 43.2 Å². The van der Waals surface area contributed by atoms with Crippen LogP contribution in [0.4, 0.5) is 0 Å². The van der Waals surface area contributed by atoms with Crippen molar-refractivity contribution in [2.45, 2.75) is 445 Å². The van der Waals surface area contributed by atoms with Gasteiger partial charge >= 0.3 is 39.5 Å². The molecule has 3 N–H and O–H groups in total. The lowest BCUT2D eigenvalue weighted by Gasteiger charge is -2.21. The molecule has 0 aromatic rings. The summed E-state index contributed by atoms with van der Waals surface area (Å²) < 4.78 is 68.7. The maximum atomic E-state index is 13.1. The van der Waals surface area contributed by atoms with Crippen LogP contribution in [0.3, 0.4) is 0 Å². The van der Waals surface area contributed by atoms with Crippen LogP contribution in [0.2, 0.25) is 0 Å². The van der Waals surface area contributed by atoms with Gasteiger partial charge in [0.15, 0.2) is 12.2 Å². The highest BCUT2D eigenvalue weighted by molar-refractivity contribution is 7.47. The molecule has 17 nitrogen and oxygen atoms in total. The molecule has 0 bridgehead atoms. The zero-order valence-electron chi connectivity index (χ0n) is 65.5. The molecule has 594 valence electrons. The fourth-order valence-electron chi connectivity index (χ4n) is 12.5. The van der Waals surface area contributed by atoms with E-state index in [0.717, 1.165) is 102 Å². The lowest BCUT2D eigenvalue weighted by Crippen LogP contribution is -2.30. The molecule has 0 aromatic heterocycles. The van der Waals surface area contributed by atoms with Gasteiger partial charge in [0.1, 0.15) is 19.3 Å². The van der Waals surface area contributed by atoms with Crippen LogP contribution >= 0.6 is 15.6 Å². The van der Waals surface area contributed by atoms with Gasteiger partial charge in [-0.3, -0.25) is 37.3 Å². The van der Waals surface area contributed by atoms with Crippen LogP contribution in [0, 0.1) is 11.8 Å². The van der Waals surface area contributed by atoms with Gasteiger partial charge in [-0.2, -0.15) is 0 Å². The highest BCUT2D eigenvalue weighted by atomic mass is 31.2. The molecule has 0 rings (SSSR count). The van der Waals surface area contributed by atoms with Gasteiger partial charge in [0, 0.05) is 25.7 Å². The second-order valence-corrected chi connectivity index (χ2v) is 33.0. The minimum Gasteiger partial charge on any atom is -0.462 e. The summed E-state index contributed by atoms with van der Waals surface area (Å²) in [6.07, 6.45) is 62.5. The van der Waals surface area contributed by atoms with Gasteiger partial charge in [-0.25, -0.2) is 9.13 Å². The maximum Gasteiger partial charge on any atom is 0.472 e. The molecule has 5 atom stereocenters. The first kappa shape index (κ1) is 98.1. The first-order valence-electron chi connectivity index (χ1n) is 42.0. The van der Waals surface area contributed by atoms with Crippen LogP contribution in [0.1, 0.15) is 427 Å². The zero-order chi connectivity index (χ0) is 73.5. The molecule has 100 heavy (non-hydrogen) atoms. The van der Waals surface area contributed by atoms with Gasteiger partial charge in [0.2, 0.25) is 0 Å². The SMILES string of the molecule is CCCCCCCCCCCCCCCCCCCCCCCCC(=O)O[C@H](COC(=O)CCCCCCCCCCCCC(C)C)COP(=O)(O)OC[C@@H](O)COP(=O)(O)OC[C@@H](COC(=O)CCCCCCCCCCCCCC)OC(=O)CCCCCCCCCCCCC(C)C. The molecule has 0 radical (unpaired) electrons. The normalized spacial score (nSPS) is 13.9. The summed E-state index contributed by atoms with van der Waals surface area (Å²) in [5.41, 5.74) is 0. The minimum absolute atomic E-state index is 0.106. The molecular formula is C81H158O17P2. The number of hydrogen-bond donors (Lipinski definition) is 3. The van der Waals surface area contributed by atoms with Crippen LogP contribution in [0.5, 0.6) is 0 Å². The van der Waals surface area contributed by atoms with Crippen LogP contribution in [-0.2, 0) is 65.4 Å². The number of carbonyl (C=O) groups is 4. The van der Waals surface area contributed by atoms with Gasteiger partial charge in [-0.1, -0.05) is 375 Å². The topological polar surface area (TPSA) is 237 Å². The Morgan fingerprint density at radius 2 is 0.460 bits per heavy atom. The Morgan fingerprint density at radius 3 is 0.680 bits per heavy atom. The largest absolute Gasteiger partial charge is 0.472 e. The number of hydrogen-bond acceptors (Lipinski definition) is 15. The van der Waals surface area contributed by atoms with Gasteiger partial charge in [0.05, 0.1) is 26.4 Å². The predicted octanol–water partition coefficient (Wildman–Crippen LogP) is 24.3. The Balaban J connectivity index is 5.21. The Labute approximate surface area is 613 Å². The second-order valence-electron chi connectivity index (χ2n) is 30.1. The summed E-state index contributed by atoms with van der Waals surface area (Å²) in [7, 11) is -9.92. The lowest BCUT2D eigenvalue weighted by molar-refractivity contribution is -0.161. The van der Waals surface area contributed by atoms with Crippen molar-refractivity contribution in [2.75, 3.05) is 39.6 Å². The molecule has 19 heteroatoms. The van der Waals surface area contributed by atoms with Crippen molar-refractivity contribution in [2.24, 2.45) is 11.8 Å². The van der Waals surface area contributed by atoms with Crippen molar-refractivity contribution in [3.05, 3.63) is 0 Å². The van der Waals surface area contributed by atoms with E-state index in [1.807, 2.05) is 0 Å². The van der Waals surface area contributed by atoms with Crippen LogP contribution in [0.15, 0.2) is 0 Å². The molecule has 0 spiro atoms. The molecule has 0 heterocycles. The number of ether oxygens (including phenoxy) is 4. The average Bonchev–Trinajstić information content (AvgIpc) is 1.02. The number of esters is 4. The zero-order valence-corrected chi connectivity index (χ0v) is 67.3. The molecule has 0 aliphatic rings. The van der Waals surface area contributed by atoms with E-state index in [1.165, 1.54) is 244 Å². The summed E-state index contributed by atoms with van der Waals surface area (Å²) in [6, 6.07) is 0. The fourth-order valence-corrected chi connectivity index (χ4v) is 14.1. The third-order valence-electron chi connectivity index (χ3n) is 19.0. The van der Waals surface area contributed by atoms with E-state index in [-0.39, 0.29) is 25.7 Å². The van der Waals surface area contributed by atoms with Crippen molar-refractivity contribution in [3.8, 4) is 0 Å². The number of aliphatic hydroxyl groups is 1. The third-order valence-corrected chi connectivity index (χ3v) is 20.9. The monoisotopic (exact) mass is 1470 g/mol. The molecule has 0 aromatic carbocycles. The molecule has 0 saturated heterocycles. The molecular weight excluding hydrogens is 1310 g/mol. The van der Waals surface area contributed by atoms with Gasteiger partial charge in [0.25, 0.3) is 0 Å². The van der Waals surface area contributed by atoms with E-state index >= 15 is 0 Å². The average molecular weight is 1470 g/mol. The number of phosphoric acid groups is 2. The molecule has 0 aliphatic heterocycles. The minimum atomic E-state index is -4.96. The Morgan fingerprint density at radius 1 is 0.270 bits per heavy atom. The standard InChI is InChI=1S/C81H158O17P2/c1-7-9-11-13-15-17-19-21-22-23-24-25-26-27-28-29-30-32-41-47-53-59-65-80(85)97-76(70-92-79(84)64-58-52-46-40-35-33-37-43-49-55-61-73(3)4)71-95-99(87,88)93-67-75(82)68-94-100(89,90)96-72-77(69-91-78(83)63-57-51-45-39-31-20-18-16-14-12-10-8-2)98-81(86)66-60-54-48-42-36-34-38-44-50-56-62-74(5)6/h73-77,82H,7-72H2,1-6H3,(H,87,88)(H,89,90)/t75-,76-,77-/m1/s1. The molecule has 0 amide bonds. The van der Waals surface area contributed by atoms with E-state index in [1.54, 1.807) is 0 Å². The van der Waals surface area contributed by atoms with Crippen molar-refractivity contribution in [3.63, 3.8) is 0 Å². The molecule has 0 aliphatic carbocycles. The molecule has 2 unspecified atom stereocenters. The van der Waals surface area contributed by atoms with Gasteiger partial charge in [-0.05, 0) is 37.5 Å². The second kappa shape index (κ2) is 72.6. The lowest BCUT2D eigenvalue weighted by atomic mass is 10.0. The van der Waals surface area contributed by atoms with E-state index < -0.39 is 97.5 Å². The van der Waals surface area contributed by atoms with E-state index in [4.69, 9.17) is 37.0 Å². The number of phosphoric ester groups is 2. The summed E-state index contributed by atoms with van der Waals surface area (Å²) in [6.45, 7) is 9.61. The summed E-state index contributed by atoms with van der Waals surface area (Å²) in [5, 5.41) is 10.6. The molecule has 0 saturated carbocycles. The quantitative estimate of drug-likeness (QED) is 0.0222. The summed E-state index contributed by atoms with van der Waals surface area (Å²) >= 11 is 0. The van der Waals surface area contributed by atoms with Gasteiger partial charge in [-0.15, -0.1) is 0 Å². The highest BCUT2D eigenvalue weighted by Crippen LogP contribution is 2.45. The Bertz CT molecular complexity index is 1920. The predicted molar refractivity (Wildman–Crippen MR) is 409 cm³/mol. The number of carbonyl (C=O) groups excluding carboxylic acids is 4. The number of rotatable bonds is 80. The first-order chi connectivity index (χ1) is 48.4. The van der Waals surface area contributed by atoms with E-state index in [2.05, 4.69) is 41.5 Å². The maximum absolute atomic E-state index is 13.1. The first-order valence-corrected chi connectivity index (χ1v) is 45.0. The third kappa shape index (κ3) is 74.3. The van der Waals surface area contributed by atoms with Crippen molar-refractivity contribution >= 4 is 39.5 Å². The van der Waals surface area contributed by atoms with Crippen molar-refractivity contribution in [1.29, 1.82) is 0 Å². The van der Waals surface area contributed by atoms with E-state index in [0.29, 0.717) is 25.7 Å². The van der Waals surface area contributed by atoms with Crippen molar-refractivity contribution in [1.82, 2.24) is 0 Å². The van der Waals surface area contributed by atoms with Crippen molar-refractivity contribution < 1.29 is 80.2 Å². The van der Waals surface area contributed by atoms with Crippen LogP contribution in [-0.4, -0.2) is 96.7 Å². The number of aliphatic hydroxyl groups excluding tert-OH is 1. The van der Waals surface area contributed by atoms with Crippen LogP contribution < -0.4 is 0 Å². The number of unbranched alkanes of at least 4 members (excludes halogenated alkanes) is 50. The van der Waals surface area contributed by atoms with Crippen LogP contribution in [0.25, 0.3) is 0 Å². The Kier molecular flexibility index (Phi) is 71.2. The molecule has 0 fully saturated rings. The Hall–Kier alpha value is -1.94. The van der Waals surface area contributed by atoms with Gasteiger partial charge < -0.3 is 33.8 Å². The highest BCUT2D eigenvalue weighted by Gasteiger charge is 2.30. The fraction of sp³-hybridized carbons (Fsp3) is 0.951. The summed E-state index contributed by atoms with van der Waals surface area (Å²) in [4.78, 5) is 73.0. The summed E-state index contributed by atoms with van der Waals surface area (Å²) in [5.74, 6) is -0.599.